The summed E-state index contributed by atoms with van der Waals surface area (Å²) in [6, 6.07) is 6.72. The standard InChI is InChI=1S/C13H22N2S/c1-3-8-14-13(7-10-16-2)11-12-6-4-5-9-15-12/h4-6,9,13-14H,3,7-8,10-11H2,1-2H3. The number of hydrogen-bond donors (Lipinski definition) is 1. The third kappa shape index (κ3) is 5.52. The van der Waals surface area contributed by atoms with Gasteiger partial charge in [0, 0.05) is 24.4 Å². The second-order valence-electron chi connectivity index (χ2n) is 3.96. The van der Waals surface area contributed by atoms with E-state index in [4.69, 9.17) is 0 Å². The van der Waals surface area contributed by atoms with Crippen molar-refractivity contribution in [3.05, 3.63) is 30.1 Å². The molecule has 1 aromatic rings. The second kappa shape index (κ2) is 8.59. The number of nitrogens with one attached hydrogen (secondary N) is 1. The number of aromatic nitrogens is 1. The predicted octanol–water partition coefficient (Wildman–Crippen LogP) is 2.75. The van der Waals surface area contributed by atoms with Crippen molar-refractivity contribution in [3.8, 4) is 0 Å². The molecular formula is C13H22N2S. The molecule has 1 rings (SSSR count). The van der Waals surface area contributed by atoms with Gasteiger partial charge in [0.25, 0.3) is 0 Å². The molecule has 3 heteroatoms. The molecule has 0 amide bonds. The summed E-state index contributed by atoms with van der Waals surface area (Å²) >= 11 is 1.91. The first-order valence-corrected chi connectivity index (χ1v) is 7.38. The van der Waals surface area contributed by atoms with Crippen LogP contribution >= 0.6 is 11.8 Å². The highest BCUT2D eigenvalue weighted by atomic mass is 32.2. The van der Waals surface area contributed by atoms with E-state index < -0.39 is 0 Å². The van der Waals surface area contributed by atoms with Crippen molar-refractivity contribution in [1.82, 2.24) is 10.3 Å². The molecule has 0 aliphatic rings. The first-order valence-electron chi connectivity index (χ1n) is 5.99. The van der Waals surface area contributed by atoms with Gasteiger partial charge >= 0.3 is 0 Å². The predicted molar refractivity (Wildman–Crippen MR) is 73.0 cm³/mol. The largest absolute Gasteiger partial charge is 0.314 e. The van der Waals surface area contributed by atoms with E-state index in [-0.39, 0.29) is 0 Å². The van der Waals surface area contributed by atoms with Crippen molar-refractivity contribution < 1.29 is 0 Å². The van der Waals surface area contributed by atoms with Crippen LogP contribution in [0.5, 0.6) is 0 Å². The zero-order chi connectivity index (χ0) is 11.6. The lowest BCUT2D eigenvalue weighted by molar-refractivity contribution is 0.493. The average molecular weight is 238 g/mol. The van der Waals surface area contributed by atoms with Gasteiger partial charge in [0.05, 0.1) is 0 Å². The van der Waals surface area contributed by atoms with Crippen molar-refractivity contribution in [2.45, 2.75) is 32.2 Å². The Morgan fingerprint density at radius 3 is 2.94 bits per heavy atom. The Labute approximate surface area is 103 Å². The molecular weight excluding hydrogens is 216 g/mol. The fourth-order valence-electron chi connectivity index (χ4n) is 1.66. The van der Waals surface area contributed by atoms with Crippen molar-refractivity contribution in [3.63, 3.8) is 0 Å². The van der Waals surface area contributed by atoms with Crippen molar-refractivity contribution in [2.75, 3.05) is 18.6 Å². The summed E-state index contributed by atoms with van der Waals surface area (Å²) < 4.78 is 0. The van der Waals surface area contributed by atoms with E-state index in [9.17, 15) is 0 Å². The molecule has 1 aromatic heterocycles. The van der Waals surface area contributed by atoms with Crippen LogP contribution in [-0.2, 0) is 6.42 Å². The molecule has 16 heavy (non-hydrogen) atoms. The fraction of sp³-hybridized carbons (Fsp3) is 0.615. The highest BCUT2D eigenvalue weighted by Gasteiger charge is 2.08. The van der Waals surface area contributed by atoms with Gasteiger partial charge in [0.2, 0.25) is 0 Å². The fourth-order valence-corrected chi connectivity index (χ4v) is 2.18. The van der Waals surface area contributed by atoms with Crippen LogP contribution in [0.15, 0.2) is 24.4 Å². The molecule has 0 saturated carbocycles. The minimum atomic E-state index is 0.572. The van der Waals surface area contributed by atoms with Crippen molar-refractivity contribution >= 4 is 11.8 Å². The van der Waals surface area contributed by atoms with Crippen LogP contribution < -0.4 is 5.32 Å². The van der Waals surface area contributed by atoms with Gasteiger partial charge in [-0.25, -0.2) is 0 Å². The molecule has 2 nitrogen and oxygen atoms in total. The molecule has 0 bridgehead atoms. The Bertz CT molecular complexity index is 256. The first-order chi connectivity index (χ1) is 7.86. The van der Waals surface area contributed by atoms with Crippen LogP contribution in [0.1, 0.15) is 25.5 Å². The first kappa shape index (κ1) is 13.5. The molecule has 1 heterocycles. The molecule has 0 radical (unpaired) electrons. The Balaban J connectivity index is 2.42. The summed E-state index contributed by atoms with van der Waals surface area (Å²) in [5, 5.41) is 3.60. The number of nitrogens with zero attached hydrogens (tertiary/aromatic N) is 1. The van der Waals surface area contributed by atoms with Gasteiger partial charge in [-0.3, -0.25) is 4.98 Å². The van der Waals surface area contributed by atoms with E-state index in [1.54, 1.807) is 0 Å². The van der Waals surface area contributed by atoms with Gasteiger partial charge in [-0.1, -0.05) is 13.0 Å². The van der Waals surface area contributed by atoms with Gasteiger partial charge in [-0.2, -0.15) is 11.8 Å². The van der Waals surface area contributed by atoms with Gasteiger partial charge < -0.3 is 5.32 Å². The average Bonchev–Trinajstić information content (AvgIpc) is 2.34. The van der Waals surface area contributed by atoms with Crippen LogP contribution in [0.2, 0.25) is 0 Å². The van der Waals surface area contributed by atoms with Gasteiger partial charge in [0.15, 0.2) is 0 Å². The molecule has 90 valence electrons. The minimum Gasteiger partial charge on any atom is -0.314 e. The lowest BCUT2D eigenvalue weighted by Gasteiger charge is -2.17. The van der Waals surface area contributed by atoms with E-state index in [1.165, 1.54) is 24.3 Å². The zero-order valence-corrected chi connectivity index (χ0v) is 11.1. The Kier molecular flexibility index (Phi) is 7.26. The Morgan fingerprint density at radius 1 is 1.44 bits per heavy atom. The van der Waals surface area contributed by atoms with Crippen molar-refractivity contribution in [1.29, 1.82) is 0 Å². The van der Waals surface area contributed by atoms with Crippen LogP contribution in [0.3, 0.4) is 0 Å². The molecule has 0 aromatic carbocycles. The molecule has 1 unspecified atom stereocenters. The maximum absolute atomic E-state index is 4.39. The maximum atomic E-state index is 4.39. The third-order valence-electron chi connectivity index (χ3n) is 2.54. The summed E-state index contributed by atoms with van der Waals surface area (Å²) in [4.78, 5) is 4.39. The van der Waals surface area contributed by atoms with Gasteiger partial charge in [-0.05, 0) is 43.5 Å². The Morgan fingerprint density at radius 2 is 2.31 bits per heavy atom. The molecule has 1 atom stereocenters. The minimum absolute atomic E-state index is 0.572. The SMILES string of the molecule is CCCNC(CCSC)Cc1ccccn1. The van der Waals surface area contributed by atoms with E-state index in [0.29, 0.717) is 6.04 Å². The molecule has 0 aliphatic heterocycles. The van der Waals surface area contributed by atoms with E-state index in [1.807, 2.05) is 24.0 Å². The molecule has 0 saturated heterocycles. The zero-order valence-electron chi connectivity index (χ0n) is 10.3. The van der Waals surface area contributed by atoms with Crippen molar-refractivity contribution in [2.24, 2.45) is 0 Å². The number of rotatable bonds is 8. The van der Waals surface area contributed by atoms with Crippen LogP contribution in [0, 0.1) is 0 Å². The highest BCUT2D eigenvalue weighted by Crippen LogP contribution is 2.06. The monoisotopic (exact) mass is 238 g/mol. The Hall–Kier alpha value is -0.540. The van der Waals surface area contributed by atoms with E-state index in [2.05, 4.69) is 35.6 Å². The van der Waals surface area contributed by atoms with Gasteiger partial charge in [0.1, 0.15) is 0 Å². The summed E-state index contributed by atoms with van der Waals surface area (Å²) in [7, 11) is 0. The van der Waals surface area contributed by atoms with E-state index in [0.717, 1.165) is 13.0 Å². The summed E-state index contributed by atoms with van der Waals surface area (Å²) in [6.07, 6.45) is 7.50. The van der Waals surface area contributed by atoms with Crippen LogP contribution in [-0.4, -0.2) is 29.6 Å². The number of thioether (sulfide) groups is 1. The summed E-state index contributed by atoms with van der Waals surface area (Å²) in [5.74, 6) is 1.22. The maximum Gasteiger partial charge on any atom is 0.0419 e. The highest BCUT2D eigenvalue weighted by molar-refractivity contribution is 7.98. The quantitative estimate of drug-likeness (QED) is 0.754. The molecule has 1 N–H and O–H groups in total. The van der Waals surface area contributed by atoms with Crippen LogP contribution in [0.4, 0.5) is 0 Å². The van der Waals surface area contributed by atoms with Crippen LogP contribution in [0.25, 0.3) is 0 Å². The smallest absolute Gasteiger partial charge is 0.0419 e. The van der Waals surface area contributed by atoms with Gasteiger partial charge in [-0.15, -0.1) is 0 Å². The number of pyridine rings is 1. The normalized spacial score (nSPS) is 12.6. The molecule has 0 spiro atoms. The summed E-state index contributed by atoms with van der Waals surface area (Å²) in [6.45, 7) is 3.31. The third-order valence-corrected chi connectivity index (χ3v) is 3.18. The topological polar surface area (TPSA) is 24.9 Å². The lowest BCUT2D eigenvalue weighted by Crippen LogP contribution is -2.32. The summed E-state index contributed by atoms with van der Waals surface area (Å²) in [5.41, 5.74) is 1.19. The lowest BCUT2D eigenvalue weighted by atomic mass is 10.1. The molecule has 0 aliphatic carbocycles. The van der Waals surface area contributed by atoms with E-state index >= 15 is 0 Å². The number of hydrogen-bond acceptors (Lipinski definition) is 3. The molecule has 0 fully saturated rings. The second-order valence-corrected chi connectivity index (χ2v) is 4.94.